The highest BCUT2D eigenvalue weighted by Crippen LogP contribution is 2.50. The van der Waals surface area contributed by atoms with E-state index in [0.29, 0.717) is 57.0 Å². The molecular formula is C32H33Cl2N3O5. The monoisotopic (exact) mass is 609 g/mol. The van der Waals surface area contributed by atoms with Crippen molar-refractivity contribution in [2.45, 2.75) is 44.7 Å². The number of carbonyl (C=O) groups is 3. The topological polar surface area (TPSA) is 79.4 Å². The van der Waals surface area contributed by atoms with E-state index in [0.717, 1.165) is 12.0 Å². The van der Waals surface area contributed by atoms with E-state index < -0.39 is 11.5 Å². The molecule has 2 aliphatic rings. The predicted molar refractivity (Wildman–Crippen MR) is 164 cm³/mol. The van der Waals surface area contributed by atoms with Gasteiger partial charge in [0.05, 0.1) is 20.8 Å². The zero-order valence-electron chi connectivity index (χ0n) is 24.2. The van der Waals surface area contributed by atoms with Gasteiger partial charge in [0.1, 0.15) is 23.0 Å². The first-order valence-electron chi connectivity index (χ1n) is 13.7. The van der Waals surface area contributed by atoms with Gasteiger partial charge in [-0.1, -0.05) is 23.2 Å². The number of anilines is 2. The summed E-state index contributed by atoms with van der Waals surface area (Å²) in [5.41, 5.74) is 2.14. The van der Waals surface area contributed by atoms with Crippen molar-refractivity contribution in [3.8, 4) is 11.5 Å². The molecule has 0 aromatic heterocycles. The largest absolute Gasteiger partial charge is 0.497 e. The minimum absolute atomic E-state index is 0.123. The number of likely N-dealkylation sites (N-methyl/N-ethyl adjacent to an activating group) is 1. The lowest BCUT2D eigenvalue weighted by Gasteiger charge is -2.30. The first-order chi connectivity index (χ1) is 20.0. The second-order valence-electron chi connectivity index (χ2n) is 10.8. The van der Waals surface area contributed by atoms with Gasteiger partial charge in [-0.05, 0) is 79.4 Å². The molecule has 0 spiro atoms. The maximum absolute atomic E-state index is 14.5. The Labute approximate surface area is 255 Å². The minimum atomic E-state index is -1.20. The number of carbonyl (C=O) groups excluding carboxylic acids is 3. The molecule has 3 amide bonds. The van der Waals surface area contributed by atoms with E-state index in [9.17, 15) is 14.4 Å². The van der Waals surface area contributed by atoms with Gasteiger partial charge in [0, 0.05) is 53.6 Å². The van der Waals surface area contributed by atoms with Crippen molar-refractivity contribution >= 4 is 52.3 Å². The molecule has 3 aromatic carbocycles. The molecule has 8 nitrogen and oxygen atoms in total. The Morgan fingerprint density at radius 2 is 1.79 bits per heavy atom. The second-order valence-corrected chi connectivity index (χ2v) is 11.6. The van der Waals surface area contributed by atoms with Gasteiger partial charge in [-0.25, -0.2) is 0 Å². The van der Waals surface area contributed by atoms with Gasteiger partial charge >= 0.3 is 0 Å². The van der Waals surface area contributed by atoms with Gasteiger partial charge < -0.3 is 24.2 Å². The predicted octanol–water partition coefficient (Wildman–Crippen LogP) is 5.84. The summed E-state index contributed by atoms with van der Waals surface area (Å²) in [7, 11) is 4.84. The van der Waals surface area contributed by atoms with Crippen LogP contribution in [0.2, 0.25) is 10.0 Å². The maximum atomic E-state index is 14.5. The fourth-order valence-corrected chi connectivity index (χ4v) is 6.54. The van der Waals surface area contributed by atoms with E-state index in [1.54, 1.807) is 67.5 Å². The molecule has 2 atom stereocenters. The molecule has 0 aliphatic carbocycles. The molecule has 2 aliphatic heterocycles. The lowest BCUT2D eigenvalue weighted by atomic mass is 9.77. The zero-order valence-corrected chi connectivity index (χ0v) is 25.8. The van der Waals surface area contributed by atoms with Gasteiger partial charge in [-0.15, -0.1) is 0 Å². The Balaban J connectivity index is 1.55. The van der Waals surface area contributed by atoms with Gasteiger partial charge in [-0.2, -0.15) is 0 Å². The normalized spacial score (nSPS) is 19.6. The summed E-state index contributed by atoms with van der Waals surface area (Å²) >= 11 is 13.3. The van der Waals surface area contributed by atoms with Crippen LogP contribution in [0.25, 0.3) is 0 Å². The summed E-state index contributed by atoms with van der Waals surface area (Å²) in [6.07, 6.45) is 1.38. The molecule has 2 heterocycles. The van der Waals surface area contributed by atoms with Crippen LogP contribution < -0.4 is 19.3 Å². The quantitative estimate of drug-likeness (QED) is 0.336. The van der Waals surface area contributed by atoms with Crippen LogP contribution in [-0.4, -0.2) is 56.5 Å². The van der Waals surface area contributed by atoms with Crippen molar-refractivity contribution in [2.75, 3.05) is 37.6 Å². The molecule has 1 saturated heterocycles. The third-order valence-corrected chi connectivity index (χ3v) is 9.00. The Kier molecular flexibility index (Phi) is 8.14. The van der Waals surface area contributed by atoms with Gasteiger partial charge in [0.15, 0.2) is 0 Å². The Morgan fingerprint density at radius 3 is 2.48 bits per heavy atom. The number of nitrogens with zero attached hydrogens (tertiary/aromatic N) is 3. The SMILES string of the molecule is COc1ccc(CN2C(=O)C(C)(c3cc(N(C)C(=O)C4CCCN4C(C)=O)ccc3Cl)c3cc(Cl)ccc32)c(OC)c1. The highest BCUT2D eigenvalue weighted by atomic mass is 35.5. The van der Waals surface area contributed by atoms with E-state index >= 15 is 0 Å². The van der Waals surface area contributed by atoms with Gasteiger partial charge in [-0.3, -0.25) is 14.4 Å². The van der Waals surface area contributed by atoms with E-state index in [1.165, 1.54) is 11.8 Å². The van der Waals surface area contributed by atoms with Crippen LogP contribution in [0, 0.1) is 0 Å². The summed E-state index contributed by atoms with van der Waals surface area (Å²) < 4.78 is 10.9. The maximum Gasteiger partial charge on any atom is 0.249 e. The fourth-order valence-electron chi connectivity index (χ4n) is 6.06. The van der Waals surface area contributed by atoms with Crippen LogP contribution in [0.4, 0.5) is 11.4 Å². The molecule has 0 N–H and O–H groups in total. The lowest BCUT2D eigenvalue weighted by molar-refractivity contribution is -0.135. The minimum Gasteiger partial charge on any atom is -0.497 e. The third kappa shape index (κ3) is 4.96. The summed E-state index contributed by atoms with van der Waals surface area (Å²) in [5, 5.41) is 0.873. The summed E-state index contributed by atoms with van der Waals surface area (Å²) in [6.45, 7) is 4.12. The van der Waals surface area contributed by atoms with Crippen LogP contribution in [0.5, 0.6) is 11.5 Å². The molecule has 1 fully saturated rings. The first-order valence-corrected chi connectivity index (χ1v) is 14.4. The van der Waals surface area contributed by atoms with Crippen molar-refractivity contribution in [3.63, 3.8) is 0 Å². The molecule has 5 rings (SSSR count). The number of amides is 3. The molecular weight excluding hydrogens is 577 g/mol. The number of benzene rings is 3. The number of methoxy groups -OCH3 is 2. The molecule has 220 valence electrons. The van der Waals surface area contributed by atoms with Crippen LogP contribution in [0.3, 0.4) is 0 Å². The molecule has 10 heteroatoms. The number of halogens is 2. The number of hydrogen-bond donors (Lipinski definition) is 0. The number of hydrogen-bond acceptors (Lipinski definition) is 5. The second kappa shape index (κ2) is 11.5. The number of rotatable bonds is 7. The Hall–Kier alpha value is -3.75. The van der Waals surface area contributed by atoms with Gasteiger partial charge in [0.25, 0.3) is 0 Å². The van der Waals surface area contributed by atoms with E-state index in [-0.39, 0.29) is 24.3 Å². The number of likely N-dealkylation sites (tertiary alicyclic amines) is 1. The average Bonchev–Trinajstić information content (AvgIpc) is 3.56. The van der Waals surface area contributed by atoms with Crippen molar-refractivity contribution in [2.24, 2.45) is 0 Å². The van der Waals surface area contributed by atoms with Gasteiger partial charge in [0.2, 0.25) is 17.7 Å². The van der Waals surface area contributed by atoms with E-state index in [1.807, 2.05) is 25.1 Å². The Morgan fingerprint density at radius 1 is 1.02 bits per heavy atom. The Bertz CT molecular complexity index is 1580. The van der Waals surface area contributed by atoms with Crippen molar-refractivity contribution < 1.29 is 23.9 Å². The van der Waals surface area contributed by atoms with Crippen molar-refractivity contribution in [1.29, 1.82) is 0 Å². The molecule has 2 unspecified atom stereocenters. The van der Waals surface area contributed by atoms with Crippen LogP contribution in [0.15, 0.2) is 54.6 Å². The van der Waals surface area contributed by atoms with E-state index in [2.05, 4.69) is 0 Å². The lowest BCUT2D eigenvalue weighted by Crippen LogP contribution is -2.46. The molecule has 0 bridgehead atoms. The molecule has 3 aromatic rings. The molecule has 0 radical (unpaired) electrons. The average molecular weight is 611 g/mol. The van der Waals surface area contributed by atoms with E-state index in [4.69, 9.17) is 32.7 Å². The standard InChI is InChI=1S/C32H33Cl2N3O5/c1-19(38)36-14-6-7-28(36)30(39)35(3)22-10-12-26(34)24(16-22)32(2)25-15-21(33)9-13-27(25)37(31(32)40)18-20-8-11-23(41-4)17-29(20)42-5/h8-13,15-17,28H,6-7,14,18H2,1-5H3. The van der Waals surface area contributed by atoms with Crippen LogP contribution >= 0.6 is 23.2 Å². The van der Waals surface area contributed by atoms with Crippen LogP contribution in [-0.2, 0) is 26.3 Å². The number of ether oxygens (including phenoxy) is 2. The summed E-state index contributed by atoms with van der Waals surface area (Å²) in [6, 6.07) is 15.6. The summed E-state index contributed by atoms with van der Waals surface area (Å²) in [5.74, 6) is 0.742. The van der Waals surface area contributed by atoms with Crippen molar-refractivity contribution in [3.05, 3.63) is 81.3 Å². The third-order valence-electron chi connectivity index (χ3n) is 8.43. The van der Waals surface area contributed by atoms with Crippen molar-refractivity contribution in [1.82, 2.24) is 4.90 Å². The highest BCUT2D eigenvalue weighted by molar-refractivity contribution is 6.33. The summed E-state index contributed by atoms with van der Waals surface area (Å²) in [4.78, 5) is 44.9. The number of fused-ring (bicyclic) bond motifs is 1. The zero-order chi connectivity index (χ0) is 30.3. The smallest absolute Gasteiger partial charge is 0.249 e. The fraction of sp³-hybridized carbons (Fsp3) is 0.344. The molecule has 0 saturated carbocycles. The first kappa shape index (κ1) is 29.7. The molecule has 42 heavy (non-hydrogen) atoms. The highest BCUT2D eigenvalue weighted by Gasteiger charge is 2.50. The van der Waals surface area contributed by atoms with Crippen LogP contribution in [0.1, 0.15) is 43.4 Å².